The van der Waals surface area contributed by atoms with E-state index in [0.717, 1.165) is 11.3 Å². The van der Waals surface area contributed by atoms with Gasteiger partial charge in [0, 0.05) is 17.3 Å². The molecule has 1 N–H and O–H groups in total. The van der Waals surface area contributed by atoms with E-state index in [1.807, 2.05) is 24.3 Å². The van der Waals surface area contributed by atoms with Gasteiger partial charge in [-0.1, -0.05) is 37.7 Å². The molecule has 2 aromatic carbocycles. The van der Waals surface area contributed by atoms with Crippen molar-refractivity contribution in [3.05, 3.63) is 48.0 Å². The van der Waals surface area contributed by atoms with Crippen molar-refractivity contribution >= 4 is 46.0 Å². The molecule has 0 bridgehead atoms. The van der Waals surface area contributed by atoms with Crippen LogP contribution in [0.3, 0.4) is 0 Å². The van der Waals surface area contributed by atoms with E-state index < -0.39 is 11.3 Å². The lowest BCUT2D eigenvalue weighted by Crippen LogP contribution is -2.42. The molecule has 0 radical (unpaired) electrons. The number of amides is 2. The van der Waals surface area contributed by atoms with Gasteiger partial charge in [0.1, 0.15) is 25.1 Å². The minimum Gasteiger partial charge on any atom is -0.486 e. The molecule has 3 aliphatic rings. The Kier molecular flexibility index (Phi) is 6.03. The quantitative estimate of drug-likeness (QED) is 0.695. The highest BCUT2D eigenvalue weighted by Crippen LogP contribution is 2.36. The minimum absolute atomic E-state index is 0.0936. The summed E-state index contributed by atoms with van der Waals surface area (Å²) in [4.78, 5) is 37.3. The first-order chi connectivity index (χ1) is 16.4. The number of benzene rings is 2. The number of para-hydroxylation sites is 1. The van der Waals surface area contributed by atoms with Gasteiger partial charge in [-0.2, -0.15) is 0 Å². The van der Waals surface area contributed by atoms with Crippen LogP contribution in [0.15, 0.2) is 52.4 Å². The molecule has 0 fully saturated rings. The van der Waals surface area contributed by atoms with Crippen LogP contribution in [0, 0.1) is 5.92 Å². The van der Waals surface area contributed by atoms with Crippen LogP contribution < -0.4 is 14.8 Å². The van der Waals surface area contributed by atoms with Crippen LogP contribution in [0.25, 0.3) is 0 Å². The predicted molar refractivity (Wildman–Crippen MR) is 133 cm³/mol. The first kappa shape index (κ1) is 22.5. The highest BCUT2D eigenvalue weighted by Gasteiger charge is 2.42. The van der Waals surface area contributed by atoms with Crippen LogP contribution in [-0.4, -0.2) is 52.2 Å². The zero-order valence-electron chi connectivity index (χ0n) is 19.3. The van der Waals surface area contributed by atoms with Crippen LogP contribution in [0.4, 0.5) is 11.4 Å². The maximum Gasteiger partial charge on any atom is 0.259 e. The van der Waals surface area contributed by atoms with Crippen molar-refractivity contribution in [2.45, 2.75) is 38.5 Å². The summed E-state index contributed by atoms with van der Waals surface area (Å²) >= 11 is 1.25. The topological polar surface area (TPSA) is 92.6 Å². The molecule has 2 amide bonds. The number of nitrogens with zero attached hydrogens (tertiary/aromatic N) is 3. The van der Waals surface area contributed by atoms with Crippen LogP contribution in [0.2, 0.25) is 0 Å². The van der Waals surface area contributed by atoms with Gasteiger partial charge in [0.05, 0.1) is 10.9 Å². The first-order valence-corrected chi connectivity index (χ1v) is 12.3. The Bertz CT molecular complexity index is 1210. The molecular formula is C25H26N4O4S. The molecule has 0 aromatic heterocycles. The number of amidine groups is 2. The minimum atomic E-state index is -0.504. The number of ether oxygens (including phenoxy) is 2. The van der Waals surface area contributed by atoms with Crippen molar-refractivity contribution in [2.24, 2.45) is 15.9 Å². The zero-order chi connectivity index (χ0) is 23.8. The summed E-state index contributed by atoms with van der Waals surface area (Å²) in [7, 11) is 0. The fraction of sp³-hybridized carbons (Fsp3) is 0.360. The molecule has 0 unspecified atom stereocenters. The molecule has 0 saturated carbocycles. The van der Waals surface area contributed by atoms with Crippen molar-refractivity contribution in [1.82, 2.24) is 4.90 Å². The fourth-order valence-corrected chi connectivity index (χ4v) is 4.97. The summed E-state index contributed by atoms with van der Waals surface area (Å²) in [5.41, 5.74) is 2.20. The van der Waals surface area contributed by atoms with Crippen molar-refractivity contribution in [2.75, 3.05) is 18.5 Å². The van der Waals surface area contributed by atoms with E-state index in [-0.39, 0.29) is 11.8 Å². The average molecular weight is 479 g/mol. The first-order valence-electron chi connectivity index (χ1n) is 11.4. The lowest BCUT2D eigenvalue weighted by molar-refractivity contribution is -0.125. The Labute approximate surface area is 202 Å². The molecule has 5 rings (SSSR count). The summed E-state index contributed by atoms with van der Waals surface area (Å²) < 4.78 is 11.1. The third-order valence-electron chi connectivity index (χ3n) is 5.70. The number of fused-ring (bicyclic) bond motifs is 4. The van der Waals surface area contributed by atoms with Gasteiger partial charge < -0.3 is 14.8 Å². The lowest BCUT2D eigenvalue weighted by Gasteiger charge is -2.27. The normalized spacial score (nSPS) is 19.2. The standard InChI is InChI=1S/C25H26N4O4S/c1-14(2)12-19-24(31)29-22(27-19)17-6-4-5-7-18(17)28-25(29)34-15(3)23(30)26-16-8-9-20-21(13-16)33-11-10-32-20/h4-9,13-15,19H,10-12H2,1-3H3,(H,26,30)/t15-,19-/m1/s1. The van der Waals surface area contributed by atoms with Gasteiger partial charge in [0.15, 0.2) is 16.7 Å². The third-order valence-corrected chi connectivity index (χ3v) is 6.76. The van der Waals surface area contributed by atoms with Gasteiger partial charge in [0.25, 0.3) is 5.91 Å². The van der Waals surface area contributed by atoms with Crippen LogP contribution in [0.1, 0.15) is 32.8 Å². The number of hydrogen-bond donors (Lipinski definition) is 1. The van der Waals surface area contributed by atoms with E-state index in [2.05, 4.69) is 19.2 Å². The van der Waals surface area contributed by atoms with E-state index >= 15 is 0 Å². The van der Waals surface area contributed by atoms with Crippen LogP contribution >= 0.6 is 11.8 Å². The van der Waals surface area contributed by atoms with Gasteiger partial charge in [0.2, 0.25) is 5.91 Å². The highest BCUT2D eigenvalue weighted by molar-refractivity contribution is 8.15. The lowest BCUT2D eigenvalue weighted by atomic mass is 10.0. The predicted octanol–water partition coefficient (Wildman–Crippen LogP) is 4.22. The summed E-state index contributed by atoms with van der Waals surface area (Å²) in [6, 6.07) is 12.5. The van der Waals surface area contributed by atoms with E-state index in [0.29, 0.717) is 53.7 Å². The molecule has 3 aliphatic heterocycles. The van der Waals surface area contributed by atoms with Gasteiger partial charge in [-0.15, -0.1) is 0 Å². The number of aliphatic imine (C=N–C) groups is 2. The van der Waals surface area contributed by atoms with Gasteiger partial charge >= 0.3 is 0 Å². The van der Waals surface area contributed by atoms with Crippen molar-refractivity contribution in [3.63, 3.8) is 0 Å². The number of rotatable bonds is 5. The smallest absolute Gasteiger partial charge is 0.259 e. The molecule has 0 spiro atoms. The van der Waals surface area contributed by atoms with Crippen LogP contribution in [-0.2, 0) is 9.59 Å². The molecule has 176 valence electrons. The summed E-state index contributed by atoms with van der Waals surface area (Å²) in [6.45, 7) is 6.93. The Balaban J connectivity index is 1.36. The van der Waals surface area contributed by atoms with Crippen molar-refractivity contribution in [3.8, 4) is 11.5 Å². The average Bonchev–Trinajstić information content (AvgIpc) is 3.15. The number of nitrogens with one attached hydrogen (secondary N) is 1. The van der Waals surface area contributed by atoms with E-state index in [1.165, 1.54) is 11.8 Å². The second kappa shape index (κ2) is 9.13. The molecule has 0 aliphatic carbocycles. The fourth-order valence-electron chi connectivity index (χ4n) is 4.06. The summed E-state index contributed by atoms with van der Waals surface area (Å²) in [5, 5.41) is 2.89. The number of thioether (sulfide) groups is 1. The number of anilines is 1. The monoisotopic (exact) mass is 478 g/mol. The SMILES string of the molecule is CC(C)C[C@H]1N=C2c3ccccc3N=C(S[C@H](C)C(=O)Nc3ccc4c(c3)OCCO4)N2C1=O. The van der Waals surface area contributed by atoms with Gasteiger partial charge in [-0.3, -0.25) is 14.6 Å². The van der Waals surface area contributed by atoms with Gasteiger partial charge in [-0.05, 0) is 43.5 Å². The molecule has 8 nitrogen and oxygen atoms in total. The maximum atomic E-state index is 13.3. The van der Waals surface area contributed by atoms with Gasteiger partial charge in [-0.25, -0.2) is 9.89 Å². The molecular weight excluding hydrogens is 452 g/mol. The molecule has 2 atom stereocenters. The van der Waals surface area contributed by atoms with Crippen LogP contribution in [0.5, 0.6) is 11.5 Å². The largest absolute Gasteiger partial charge is 0.486 e. The second-order valence-electron chi connectivity index (χ2n) is 8.79. The van der Waals surface area contributed by atoms with Crippen molar-refractivity contribution < 1.29 is 19.1 Å². The molecule has 2 aromatic rings. The Morgan fingerprint density at radius 3 is 2.71 bits per heavy atom. The second-order valence-corrected chi connectivity index (χ2v) is 10.1. The molecule has 9 heteroatoms. The Hall–Kier alpha value is -3.33. The van der Waals surface area contributed by atoms with E-state index in [4.69, 9.17) is 19.5 Å². The highest BCUT2D eigenvalue weighted by atomic mass is 32.2. The van der Waals surface area contributed by atoms with E-state index in [1.54, 1.807) is 30.0 Å². The number of carbonyl (C=O) groups is 2. The maximum absolute atomic E-state index is 13.3. The van der Waals surface area contributed by atoms with E-state index in [9.17, 15) is 9.59 Å². The van der Waals surface area contributed by atoms with Crippen molar-refractivity contribution in [1.29, 1.82) is 0 Å². The Morgan fingerprint density at radius 2 is 1.91 bits per heavy atom. The molecule has 34 heavy (non-hydrogen) atoms. The molecule has 0 saturated heterocycles. The number of hydrogen-bond acceptors (Lipinski definition) is 7. The third kappa shape index (κ3) is 4.27. The summed E-state index contributed by atoms with van der Waals surface area (Å²) in [6.07, 6.45) is 0.666. The summed E-state index contributed by atoms with van der Waals surface area (Å²) in [5.74, 6) is 1.92. The number of carbonyl (C=O) groups excluding carboxylic acids is 2. The molecule has 3 heterocycles. The zero-order valence-corrected chi connectivity index (χ0v) is 20.1. The Morgan fingerprint density at radius 1 is 1.15 bits per heavy atom.